The summed E-state index contributed by atoms with van der Waals surface area (Å²) in [6.45, 7) is 1.14. The molecule has 6 heteroatoms. The summed E-state index contributed by atoms with van der Waals surface area (Å²) in [5.41, 5.74) is 6.91. The van der Waals surface area contributed by atoms with Crippen LogP contribution in [0.15, 0.2) is 35.3 Å². The smallest absolute Gasteiger partial charge is 0.188 e. The third kappa shape index (κ3) is 8.20. The van der Waals surface area contributed by atoms with Crippen LogP contribution in [0.1, 0.15) is 12.0 Å². The predicted octanol–water partition coefficient (Wildman–Crippen LogP) is 0.568. The number of guanidine groups is 1. The maximum Gasteiger partial charge on any atom is 0.188 e. The van der Waals surface area contributed by atoms with E-state index in [-0.39, 0.29) is 5.75 Å². The number of nitrogens with one attached hydrogen (secondary N) is 1. The zero-order valence-corrected chi connectivity index (χ0v) is 12.0. The van der Waals surface area contributed by atoms with E-state index in [1.54, 1.807) is 0 Å². The monoisotopic (exact) mass is 283 g/mol. The lowest BCUT2D eigenvalue weighted by molar-refractivity contribution is 0.599. The number of aliphatic imine (C=N–C) groups is 1. The largest absolute Gasteiger partial charge is 0.370 e. The summed E-state index contributed by atoms with van der Waals surface area (Å²) >= 11 is 0. The second kappa shape index (κ2) is 7.78. The first-order chi connectivity index (χ1) is 8.97. The van der Waals surface area contributed by atoms with Gasteiger partial charge in [0.15, 0.2) is 5.96 Å². The lowest BCUT2D eigenvalue weighted by Crippen LogP contribution is -2.33. The molecule has 0 fully saturated rings. The molecule has 19 heavy (non-hydrogen) atoms. The highest BCUT2D eigenvalue weighted by molar-refractivity contribution is 7.90. The topological polar surface area (TPSA) is 84.5 Å². The summed E-state index contributed by atoms with van der Waals surface area (Å²) in [4.78, 5) is 4.08. The number of rotatable bonds is 7. The zero-order valence-electron chi connectivity index (χ0n) is 11.2. The van der Waals surface area contributed by atoms with Gasteiger partial charge in [0, 0.05) is 19.3 Å². The minimum Gasteiger partial charge on any atom is -0.370 e. The first-order valence-electron chi connectivity index (χ1n) is 6.23. The molecule has 1 aromatic rings. The van der Waals surface area contributed by atoms with Crippen molar-refractivity contribution in [2.75, 3.05) is 25.1 Å². The highest BCUT2D eigenvalue weighted by atomic mass is 32.2. The Kier molecular flexibility index (Phi) is 6.35. The van der Waals surface area contributed by atoms with Gasteiger partial charge in [-0.2, -0.15) is 0 Å². The highest BCUT2D eigenvalue weighted by Gasteiger charge is 2.00. The summed E-state index contributed by atoms with van der Waals surface area (Å²) in [6.07, 6.45) is 2.60. The molecule has 0 heterocycles. The van der Waals surface area contributed by atoms with Crippen LogP contribution in [0, 0.1) is 0 Å². The van der Waals surface area contributed by atoms with Gasteiger partial charge in [-0.25, -0.2) is 8.42 Å². The van der Waals surface area contributed by atoms with Crippen molar-refractivity contribution in [2.45, 2.75) is 12.8 Å². The average molecular weight is 283 g/mol. The molecule has 0 amide bonds. The minimum absolute atomic E-state index is 0.147. The second-order valence-electron chi connectivity index (χ2n) is 4.41. The Labute approximate surface area is 114 Å². The van der Waals surface area contributed by atoms with Crippen molar-refractivity contribution < 1.29 is 8.42 Å². The summed E-state index contributed by atoms with van der Waals surface area (Å²) in [5.74, 6) is 0.512. The average Bonchev–Trinajstić information content (AvgIpc) is 2.35. The maximum absolute atomic E-state index is 10.9. The molecule has 1 rings (SSSR count). The third-order valence-corrected chi connectivity index (χ3v) is 3.55. The minimum atomic E-state index is -2.91. The summed E-state index contributed by atoms with van der Waals surface area (Å²) in [6, 6.07) is 10.1. The van der Waals surface area contributed by atoms with Gasteiger partial charge in [-0.15, -0.1) is 0 Å². The number of sulfone groups is 1. The van der Waals surface area contributed by atoms with E-state index in [1.165, 1.54) is 11.8 Å². The first kappa shape index (κ1) is 15.5. The standard InChI is InChI=1S/C13H21N3O2S/c1-19(17,18)11-5-9-15-13(14)16-10-8-12-6-3-2-4-7-12/h2-4,6-7H,5,8-11H2,1H3,(H3,14,15,16). The third-order valence-electron chi connectivity index (χ3n) is 2.52. The zero-order chi connectivity index (χ0) is 14.1. The van der Waals surface area contributed by atoms with E-state index >= 15 is 0 Å². The Balaban J connectivity index is 2.18. The predicted molar refractivity (Wildman–Crippen MR) is 79.0 cm³/mol. The Morgan fingerprint density at radius 1 is 1.32 bits per heavy atom. The molecule has 0 aromatic heterocycles. The van der Waals surface area contributed by atoms with E-state index in [1.807, 2.05) is 18.2 Å². The molecular formula is C13H21N3O2S. The van der Waals surface area contributed by atoms with Crippen molar-refractivity contribution in [3.8, 4) is 0 Å². The van der Waals surface area contributed by atoms with Crippen LogP contribution in [0.5, 0.6) is 0 Å². The molecule has 0 atom stereocenters. The second-order valence-corrected chi connectivity index (χ2v) is 6.67. The van der Waals surface area contributed by atoms with Crippen molar-refractivity contribution in [1.29, 1.82) is 0 Å². The van der Waals surface area contributed by atoms with E-state index < -0.39 is 9.84 Å². The molecule has 0 saturated carbocycles. The molecular weight excluding hydrogens is 262 g/mol. The molecule has 1 aromatic carbocycles. The van der Waals surface area contributed by atoms with E-state index in [9.17, 15) is 8.42 Å². The quantitative estimate of drug-likeness (QED) is 0.435. The molecule has 0 unspecified atom stereocenters. The van der Waals surface area contributed by atoms with Gasteiger partial charge in [0.25, 0.3) is 0 Å². The summed E-state index contributed by atoms with van der Waals surface area (Å²) in [5, 5.41) is 3.01. The lowest BCUT2D eigenvalue weighted by atomic mass is 10.1. The maximum atomic E-state index is 10.9. The molecule has 0 aliphatic carbocycles. The Bertz CT molecular complexity index is 498. The lowest BCUT2D eigenvalue weighted by Gasteiger charge is -2.05. The van der Waals surface area contributed by atoms with E-state index in [2.05, 4.69) is 22.4 Å². The van der Waals surface area contributed by atoms with Crippen molar-refractivity contribution in [1.82, 2.24) is 5.32 Å². The molecule has 0 aliphatic rings. The van der Waals surface area contributed by atoms with E-state index in [0.29, 0.717) is 25.5 Å². The molecule has 5 nitrogen and oxygen atoms in total. The fourth-order valence-corrected chi connectivity index (χ4v) is 2.22. The van der Waals surface area contributed by atoms with Crippen LogP contribution in [0.25, 0.3) is 0 Å². The number of hydrogen-bond acceptors (Lipinski definition) is 3. The molecule has 0 bridgehead atoms. The summed E-state index contributed by atoms with van der Waals surface area (Å²) in [7, 11) is -2.91. The number of nitrogens with zero attached hydrogens (tertiary/aromatic N) is 1. The van der Waals surface area contributed by atoms with Gasteiger partial charge in [0.1, 0.15) is 9.84 Å². The van der Waals surface area contributed by atoms with Crippen LogP contribution < -0.4 is 11.1 Å². The van der Waals surface area contributed by atoms with Crippen molar-refractivity contribution >= 4 is 15.8 Å². The molecule has 0 radical (unpaired) electrons. The Morgan fingerprint density at radius 3 is 2.63 bits per heavy atom. The van der Waals surface area contributed by atoms with Crippen molar-refractivity contribution in [2.24, 2.45) is 10.7 Å². The van der Waals surface area contributed by atoms with Crippen molar-refractivity contribution in [3.63, 3.8) is 0 Å². The number of nitrogens with two attached hydrogens (primary N) is 1. The molecule has 0 aliphatic heterocycles. The van der Waals surface area contributed by atoms with Crippen LogP contribution in [-0.4, -0.2) is 39.5 Å². The van der Waals surface area contributed by atoms with Crippen molar-refractivity contribution in [3.05, 3.63) is 35.9 Å². The number of benzene rings is 1. The molecule has 106 valence electrons. The molecule has 3 N–H and O–H groups in total. The van der Waals surface area contributed by atoms with Gasteiger partial charge in [-0.3, -0.25) is 4.99 Å². The highest BCUT2D eigenvalue weighted by Crippen LogP contribution is 1.97. The normalized spacial score (nSPS) is 12.4. The van der Waals surface area contributed by atoms with Gasteiger partial charge in [-0.1, -0.05) is 30.3 Å². The Morgan fingerprint density at radius 2 is 2.00 bits per heavy atom. The van der Waals surface area contributed by atoms with Crippen LogP contribution in [0.2, 0.25) is 0 Å². The van der Waals surface area contributed by atoms with Gasteiger partial charge in [0.05, 0.1) is 5.75 Å². The van der Waals surface area contributed by atoms with Crippen LogP contribution >= 0.6 is 0 Å². The van der Waals surface area contributed by atoms with Gasteiger partial charge < -0.3 is 11.1 Å². The fraction of sp³-hybridized carbons (Fsp3) is 0.462. The van der Waals surface area contributed by atoms with Crippen LogP contribution in [0.4, 0.5) is 0 Å². The molecule has 0 saturated heterocycles. The van der Waals surface area contributed by atoms with E-state index in [4.69, 9.17) is 5.73 Å². The Hall–Kier alpha value is -1.56. The van der Waals surface area contributed by atoms with E-state index in [0.717, 1.165) is 6.42 Å². The van der Waals surface area contributed by atoms with Gasteiger partial charge in [0.2, 0.25) is 0 Å². The molecule has 0 spiro atoms. The van der Waals surface area contributed by atoms with Crippen LogP contribution in [0.3, 0.4) is 0 Å². The first-order valence-corrected chi connectivity index (χ1v) is 8.29. The number of hydrogen-bond donors (Lipinski definition) is 2. The van der Waals surface area contributed by atoms with Gasteiger partial charge in [-0.05, 0) is 18.4 Å². The SMILES string of the molecule is CS(=O)(=O)CCCN=C(N)NCCc1ccccc1. The van der Waals surface area contributed by atoms with Crippen LogP contribution in [-0.2, 0) is 16.3 Å². The fourth-order valence-electron chi connectivity index (χ4n) is 1.56. The van der Waals surface area contributed by atoms with Gasteiger partial charge >= 0.3 is 0 Å². The summed E-state index contributed by atoms with van der Waals surface area (Å²) < 4.78 is 21.8.